The van der Waals surface area contributed by atoms with Gasteiger partial charge in [-0.15, -0.1) is 0 Å². The van der Waals surface area contributed by atoms with Crippen molar-refractivity contribution in [3.05, 3.63) is 101 Å². The molecule has 202 valence electrons. The minimum absolute atomic E-state index is 0.0257. The van der Waals surface area contributed by atoms with Gasteiger partial charge in [0.2, 0.25) is 0 Å². The molecule has 3 rings (SSSR count). The molecule has 3 aromatic carbocycles. The summed E-state index contributed by atoms with van der Waals surface area (Å²) in [6.45, 7) is -3.18. The molecule has 9 nitrogen and oxygen atoms in total. The minimum atomic E-state index is -4.21. The van der Waals surface area contributed by atoms with Crippen LogP contribution in [0.1, 0.15) is 31.8 Å². The van der Waals surface area contributed by atoms with Gasteiger partial charge in [-0.05, 0) is 18.2 Å². The Labute approximate surface area is 223 Å². The van der Waals surface area contributed by atoms with E-state index in [-0.39, 0.29) is 28.2 Å². The Bertz CT molecular complexity index is 1510. The van der Waals surface area contributed by atoms with Crippen molar-refractivity contribution in [1.29, 1.82) is 5.26 Å². The number of alkyl halides is 2. The van der Waals surface area contributed by atoms with Crippen molar-refractivity contribution in [2.24, 2.45) is 0 Å². The largest absolute Gasteiger partial charge is 0.435 e. The first kappa shape index (κ1) is 28.9. The van der Waals surface area contributed by atoms with E-state index in [1.807, 2.05) is 0 Å². The molecule has 3 aromatic rings. The highest BCUT2D eigenvalue weighted by atomic mass is 32.2. The molecule has 0 unspecified atom stereocenters. The molecule has 0 radical (unpaired) electrons. The normalized spacial score (nSPS) is 11.8. The highest BCUT2D eigenvalue weighted by Gasteiger charge is 2.31. The van der Waals surface area contributed by atoms with Gasteiger partial charge in [0.15, 0.2) is 21.8 Å². The SMILES string of the molecule is CN(C#N)C(=O)[C@H](CS(=O)(=O)Cc1ccccc1OC(F)F)NC(=O)c1cccc(C(=O)c2ccccc2)c1. The fraction of sp³-hybridized carbons (Fsp3) is 0.185. The maximum Gasteiger partial charge on any atom is 0.387 e. The summed E-state index contributed by atoms with van der Waals surface area (Å²) in [5, 5.41) is 11.5. The van der Waals surface area contributed by atoms with Gasteiger partial charge in [0.25, 0.3) is 11.8 Å². The summed E-state index contributed by atoms with van der Waals surface area (Å²) in [7, 11) is -3.12. The van der Waals surface area contributed by atoms with Crippen molar-refractivity contribution in [2.75, 3.05) is 12.8 Å². The first-order chi connectivity index (χ1) is 18.5. The molecule has 0 spiro atoms. The molecule has 2 amide bonds. The van der Waals surface area contributed by atoms with Crippen LogP contribution in [0, 0.1) is 11.5 Å². The summed E-state index contributed by atoms with van der Waals surface area (Å²) >= 11 is 0. The van der Waals surface area contributed by atoms with Gasteiger partial charge in [0, 0.05) is 29.3 Å². The number of nitriles is 1. The van der Waals surface area contributed by atoms with Crippen molar-refractivity contribution in [3.8, 4) is 11.9 Å². The number of carbonyl (C=O) groups is 3. The van der Waals surface area contributed by atoms with E-state index < -0.39 is 45.8 Å². The fourth-order valence-corrected chi connectivity index (χ4v) is 5.20. The molecular formula is C27H23F2N3O6S. The predicted molar refractivity (Wildman–Crippen MR) is 137 cm³/mol. The van der Waals surface area contributed by atoms with E-state index in [4.69, 9.17) is 5.26 Å². The zero-order valence-electron chi connectivity index (χ0n) is 20.6. The number of ketones is 1. The number of nitrogens with one attached hydrogen (secondary N) is 1. The van der Waals surface area contributed by atoms with E-state index in [2.05, 4.69) is 10.1 Å². The first-order valence-electron chi connectivity index (χ1n) is 11.4. The Kier molecular flexibility index (Phi) is 9.46. The standard InChI is InChI=1S/C27H23F2N3O6S/c1-32(17-30)26(35)22(16-39(36,37)15-21-10-5-6-13-23(21)38-27(28)29)31-25(34)20-12-7-11-19(14-20)24(33)18-8-3-2-4-9-18/h2-14,22,27H,15-16H2,1H3,(H,31,34)/t22-/m0/s1. The lowest BCUT2D eigenvalue weighted by Crippen LogP contribution is -2.50. The van der Waals surface area contributed by atoms with Crippen molar-refractivity contribution >= 4 is 27.4 Å². The lowest BCUT2D eigenvalue weighted by Gasteiger charge is -2.20. The average molecular weight is 556 g/mol. The van der Waals surface area contributed by atoms with E-state index in [0.29, 0.717) is 10.5 Å². The summed E-state index contributed by atoms with van der Waals surface area (Å²) in [5.74, 6) is -4.28. The lowest BCUT2D eigenvalue weighted by atomic mass is 10.0. The molecule has 1 N–H and O–H groups in total. The van der Waals surface area contributed by atoms with Crippen LogP contribution in [0.5, 0.6) is 5.75 Å². The predicted octanol–water partition coefficient (Wildman–Crippen LogP) is 3.17. The van der Waals surface area contributed by atoms with Crippen molar-refractivity contribution in [3.63, 3.8) is 0 Å². The maximum atomic E-state index is 13.0. The molecule has 0 aliphatic heterocycles. The van der Waals surface area contributed by atoms with Crippen molar-refractivity contribution in [1.82, 2.24) is 10.2 Å². The number of likely N-dealkylation sites (N-methyl/N-ethyl adjacent to an activating group) is 1. The monoisotopic (exact) mass is 555 g/mol. The van der Waals surface area contributed by atoms with E-state index in [0.717, 1.165) is 7.05 Å². The van der Waals surface area contributed by atoms with Gasteiger partial charge < -0.3 is 10.1 Å². The number of hydrogen-bond acceptors (Lipinski definition) is 7. The molecule has 39 heavy (non-hydrogen) atoms. The highest BCUT2D eigenvalue weighted by Crippen LogP contribution is 2.23. The zero-order valence-corrected chi connectivity index (χ0v) is 21.4. The van der Waals surface area contributed by atoms with Gasteiger partial charge in [0.05, 0.1) is 11.5 Å². The molecule has 1 atom stereocenters. The summed E-state index contributed by atoms with van der Waals surface area (Å²) in [4.78, 5) is 39.1. The van der Waals surface area contributed by atoms with Crippen LogP contribution in [0.2, 0.25) is 0 Å². The Morgan fingerprint density at radius 1 is 0.949 bits per heavy atom. The third-order valence-electron chi connectivity index (χ3n) is 5.49. The van der Waals surface area contributed by atoms with Gasteiger partial charge >= 0.3 is 6.61 Å². The van der Waals surface area contributed by atoms with Crippen LogP contribution in [0.4, 0.5) is 8.78 Å². The van der Waals surface area contributed by atoms with Crippen molar-refractivity contribution < 1.29 is 36.3 Å². The zero-order chi connectivity index (χ0) is 28.6. The summed E-state index contributed by atoms with van der Waals surface area (Å²) in [5.41, 5.74) is 0.480. The maximum absolute atomic E-state index is 13.0. The number of amides is 2. The third-order valence-corrected chi connectivity index (χ3v) is 7.08. The summed E-state index contributed by atoms with van der Waals surface area (Å²) in [6.07, 6.45) is 1.56. The average Bonchev–Trinajstić information content (AvgIpc) is 2.92. The molecule has 0 saturated heterocycles. The number of para-hydroxylation sites is 1. The van der Waals surface area contributed by atoms with Gasteiger partial charge in [-0.25, -0.2) is 8.42 Å². The summed E-state index contributed by atoms with van der Waals surface area (Å²) < 4.78 is 55.8. The third kappa shape index (κ3) is 7.93. The number of sulfone groups is 1. The lowest BCUT2D eigenvalue weighted by molar-refractivity contribution is -0.128. The minimum Gasteiger partial charge on any atom is -0.435 e. The van der Waals surface area contributed by atoms with Gasteiger partial charge in [-0.1, -0.05) is 60.7 Å². The highest BCUT2D eigenvalue weighted by molar-refractivity contribution is 7.90. The molecule has 0 fully saturated rings. The van der Waals surface area contributed by atoms with Crippen LogP contribution in [0.15, 0.2) is 78.9 Å². The van der Waals surface area contributed by atoms with Crippen molar-refractivity contribution in [2.45, 2.75) is 18.4 Å². The van der Waals surface area contributed by atoms with Gasteiger partial charge in [-0.2, -0.15) is 14.0 Å². The molecule has 0 saturated carbocycles. The number of benzene rings is 3. The Morgan fingerprint density at radius 3 is 2.23 bits per heavy atom. The quantitative estimate of drug-likeness (QED) is 0.218. The Morgan fingerprint density at radius 2 is 1.56 bits per heavy atom. The smallest absolute Gasteiger partial charge is 0.387 e. The first-order valence-corrected chi connectivity index (χ1v) is 13.2. The second kappa shape index (κ2) is 12.7. The number of carbonyl (C=O) groups excluding carboxylic acids is 3. The molecule has 0 aliphatic carbocycles. The van der Waals surface area contributed by atoms with E-state index >= 15 is 0 Å². The number of halogens is 2. The number of ether oxygens (including phenoxy) is 1. The van der Waals surface area contributed by atoms with Crippen LogP contribution in [0.3, 0.4) is 0 Å². The number of hydrogen-bond donors (Lipinski definition) is 1. The molecular weight excluding hydrogens is 532 g/mol. The van der Waals surface area contributed by atoms with E-state index in [9.17, 15) is 31.6 Å². The van der Waals surface area contributed by atoms with Gasteiger partial charge in [-0.3, -0.25) is 19.3 Å². The molecule has 0 aliphatic rings. The number of rotatable bonds is 11. The van der Waals surface area contributed by atoms with Gasteiger partial charge in [0.1, 0.15) is 11.8 Å². The van der Waals surface area contributed by atoms with Crippen LogP contribution in [-0.4, -0.2) is 56.4 Å². The summed E-state index contributed by atoms with van der Waals surface area (Å²) in [6, 6.07) is 17.5. The van der Waals surface area contributed by atoms with Crippen LogP contribution in [0.25, 0.3) is 0 Å². The second-order valence-electron chi connectivity index (χ2n) is 8.34. The van der Waals surface area contributed by atoms with Crippen LogP contribution in [-0.2, 0) is 20.4 Å². The molecule has 0 aromatic heterocycles. The van der Waals surface area contributed by atoms with Crippen LogP contribution < -0.4 is 10.1 Å². The molecule has 0 bridgehead atoms. The van der Waals surface area contributed by atoms with E-state index in [1.165, 1.54) is 48.5 Å². The number of nitrogens with zero attached hydrogens (tertiary/aromatic N) is 2. The second-order valence-corrected chi connectivity index (χ2v) is 10.4. The molecule has 0 heterocycles. The van der Waals surface area contributed by atoms with E-state index in [1.54, 1.807) is 36.5 Å². The Hall–Kier alpha value is -4.63. The topological polar surface area (TPSA) is 134 Å². The molecule has 12 heteroatoms. The Balaban J connectivity index is 1.84. The fourth-order valence-electron chi connectivity index (χ4n) is 3.64. The van der Waals surface area contributed by atoms with Crippen LogP contribution >= 0.6 is 0 Å².